The Bertz CT molecular complexity index is 1220. The third-order valence-corrected chi connectivity index (χ3v) is 5.78. The van der Waals surface area contributed by atoms with Gasteiger partial charge in [0.2, 0.25) is 0 Å². The second kappa shape index (κ2) is 6.92. The summed E-state index contributed by atoms with van der Waals surface area (Å²) in [5.74, 6) is 1.77. The van der Waals surface area contributed by atoms with Crippen molar-refractivity contribution in [1.82, 2.24) is 19.5 Å². The molecule has 0 spiro atoms. The van der Waals surface area contributed by atoms with Gasteiger partial charge < -0.3 is 14.8 Å². The molecule has 5 rings (SSSR count). The van der Waals surface area contributed by atoms with E-state index < -0.39 is 5.60 Å². The van der Waals surface area contributed by atoms with Crippen molar-refractivity contribution < 1.29 is 10.2 Å². The molecule has 6 heteroatoms. The van der Waals surface area contributed by atoms with E-state index in [4.69, 9.17) is 4.98 Å². The molecule has 2 aromatic carbocycles. The lowest BCUT2D eigenvalue weighted by atomic mass is 9.96. The molecule has 1 atom stereocenters. The highest BCUT2D eigenvalue weighted by molar-refractivity contribution is 5.83. The van der Waals surface area contributed by atoms with Gasteiger partial charge in [0.15, 0.2) is 5.82 Å². The van der Waals surface area contributed by atoms with Crippen LogP contribution in [0.5, 0.6) is 5.75 Å². The van der Waals surface area contributed by atoms with Gasteiger partial charge in [-0.3, -0.25) is 0 Å². The molecule has 1 aliphatic heterocycles. The summed E-state index contributed by atoms with van der Waals surface area (Å²) in [7, 11) is 0. The van der Waals surface area contributed by atoms with Crippen LogP contribution in [-0.4, -0.2) is 29.7 Å². The average molecular weight is 400 g/mol. The van der Waals surface area contributed by atoms with Crippen LogP contribution in [0.25, 0.3) is 22.2 Å². The van der Waals surface area contributed by atoms with E-state index in [1.165, 1.54) is 0 Å². The monoisotopic (exact) mass is 400 g/mol. The Kier molecular flexibility index (Phi) is 4.33. The Morgan fingerprint density at radius 2 is 1.80 bits per heavy atom. The minimum absolute atomic E-state index is 0.0593. The minimum Gasteiger partial charge on any atom is -0.508 e. The van der Waals surface area contributed by atoms with Crippen molar-refractivity contribution in [3.8, 4) is 16.9 Å². The van der Waals surface area contributed by atoms with E-state index in [0.717, 1.165) is 52.8 Å². The maximum Gasteiger partial charge on any atom is 0.159 e. The van der Waals surface area contributed by atoms with Crippen molar-refractivity contribution in [2.75, 3.05) is 0 Å². The third-order valence-electron chi connectivity index (χ3n) is 5.78. The van der Waals surface area contributed by atoms with Crippen LogP contribution in [0.4, 0.5) is 0 Å². The zero-order valence-electron chi connectivity index (χ0n) is 17.1. The van der Waals surface area contributed by atoms with Crippen LogP contribution in [0, 0.1) is 0 Å². The van der Waals surface area contributed by atoms with Gasteiger partial charge in [0.1, 0.15) is 17.2 Å². The molecule has 152 valence electrons. The van der Waals surface area contributed by atoms with Crippen molar-refractivity contribution in [1.29, 1.82) is 0 Å². The molecule has 30 heavy (non-hydrogen) atoms. The summed E-state index contributed by atoms with van der Waals surface area (Å²) in [6.07, 6.45) is 6.42. The van der Waals surface area contributed by atoms with Crippen LogP contribution in [-0.2, 0) is 12.0 Å². The molecule has 1 unspecified atom stereocenters. The van der Waals surface area contributed by atoms with Gasteiger partial charge in [-0.25, -0.2) is 15.0 Å². The third kappa shape index (κ3) is 3.13. The lowest BCUT2D eigenvalue weighted by Crippen LogP contribution is -2.19. The number of phenolic OH excluding ortho intramolecular Hbond substituents is 1. The Balaban J connectivity index is 1.62. The van der Waals surface area contributed by atoms with Crippen molar-refractivity contribution in [2.24, 2.45) is 0 Å². The van der Waals surface area contributed by atoms with Crippen LogP contribution < -0.4 is 0 Å². The average Bonchev–Trinajstić information content (AvgIpc) is 3.12. The number of aromatic hydroxyl groups is 1. The van der Waals surface area contributed by atoms with Crippen molar-refractivity contribution in [2.45, 2.75) is 44.8 Å². The number of hydrogen-bond donors (Lipinski definition) is 2. The minimum atomic E-state index is -1.07. The molecule has 0 saturated carbocycles. The molecule has 0 fully saturated rings. The topological polar surface area (TPSA) is 84.1 Å². The lowest BCUT2D eigenvalue weighted by Gasteiger charge is -2.27. The predicted octanol–water partition coefficient (Wildman–Crippen LogP) is 4.35. The Hall–Kier alpha value is -3.25. The second-order valence-corrected chi connectivity index (χ2v) is 8.42. The summed E-state index contributed by atoms with van der Waals surface area (Å²) in [4.78, 5) is 13.5. The van der Waals surface area contributed by atoms with Crippen LogP contribution in [0.2, 0.25) is 0 Å². The molecule has 2 N–H and O–H groups in total. The molecule has 0 radical (unpaired) electrons. The van der Waals surface area contributed by atoms with Crippen LogP contribution in [0.15, 0.2) is 54.9 Å². The van der Waals surface area contributed by atoms with Gasteiger partial charge in [0.05, 0.1) is 17.1 Å². The Morgan fingerprint density at radius 1 is 1.03 bits per heavy atom. The summed E-state index contributed by atoms with van der Waals surface area (Å²) < 4.78 is 2.27. The van der Waals surface area contributed by atoms with Gasteiger partial charge in [0, 0.05) is 29.9 Å². The number of para-hydroxylation sites is 1. The zero-order chi connectivity index (χ0) is 20.9. The Morgan fingerprint density at radius 3 is 2.53 bits per heavy atom. The molecular formula is C24H24N4O2. The highest BCUT2D eigenvalue weighted by Crippen LogP contribution is 2.38. The van der Waals surface area contributed by atoms with Crippen LogP contribution in [0.1, 0.15) is 49.9 Å². The van der Waals surface area contributed by atoms with Crippen LogP contribution in [0.3, 0.4) is 0 Å². The molecule has 1 aliphatic rings. The van der Waals surface area contributed by atoms with Gasteiger partial charge in [-0.05, 0) is 50.5 Å². The van der Waals surface area contributed by atoms with Crippen molar-refractivity contribution in [3.63, 3.8) is 0 Å². The number of imidazole rings is 1. The number of fused-ring (bicyclic) bond motifs is 3. The summed E-state index contributed by atoms with van der Waals surface area (Å²) in [6.45, 7) is 3.34. The Labute approximate surface area is 174 Å². The zero-order valence-corrected chi connectivity index (χ0v) is 17.1. The highest BCUT2D eigenvalue weighted by atomic mass is 16.3. The summed E-state index contributed by atoms with van der Waals surface area (Å²) >= 11 is 0. The fraction of sp³-hybridized carbons (Fsp3) is 0.292. The van der Waals surface area contributed by atoms with Gasteiger partial charge in [0.25, 0.3) is 0 Å². The number of aryl methyl sites for hydroxylation is 1. The summed E-state index contributed by atoms with van der Waals surface area (Å²) in [6, 6.07) is 13.8. The SMILES string of the molecule is CC(C)(O)c1ncc(-c2ccc3nc4n(c3c2)C(c2ccccc2O)CCC4)cn1. The van der Waals surface area contributed by atoms with E-state index in [0.29, 0.717) is 11.6 Å². The molecule has 0 aliphatic carbocycles. The fourth-order valence-electron chi connectivity index (χ4n) is 4.29. The molecule has 0 bridgehead atoms. The van der Waals surface area contributed by atoms with E-state index in [1.54, 1.807) is 32.3 Å². The summed E-state index contributed by atoms with van der Waals surface area (Å²) in [5.41, 5.74) is 3.73. The number of aromatic nitrogens is 4. The standard InChI is InChI=1S/C24H24N4O2/c1-24(2,30)23-25-13-16(14-26-23)15-10-11-18-20(12-15)28-19(7-5-9-22(28)27-18)17-6-3-4-8-21(17)29/h3-4,6,8,10-14,19,29-30H,5,7,9H2,1-2H3. The normalized spacial score (nSPS) is 16.6. The fourth-order valence-corrected chi connectivity index (χ4v) is 4.29. The molecule has 3 heterocycles. The first kappa shape index (κ1) is 18.8. The number of aliphatic hydroxyl groups is 1. The highest BCUT2D eigenvalue weighted by Gasteiger charge is 2.26. The number of hydrogen-bond acceptors (Lipinski definition) is 5. The van der Waals surface area contributed by atoms with Gasteiger partial charge >= 0.3 is 0 Å². The van der Waals surface area contributed by atoms with E-state index in [9.17, 15) is 10.2 Å². The van der Waals surface area contributed by atoms with E-state index in [2.05, 4.69) is 20.6 Å². The smallest absolute Gasteiger partial charge is 0.159 e. The summed E-state index contributed by atoms with van der Waals surface area (Å²) in [5, 5.41) is 20.6. The molecule has 4 aromatic rings. The largest absolute Gasteiger partial charge is 0.508 e. The molecule has 2 aromatic heterocycles. The van der Waals surface area contributed by atoms with Crippen LogP contribution >= 0.6 is 0 Å². The van der Waals surface area contributed by atoms with Gasteiger partial charge in [-0.15, -0.1) is 0 Å². The lowest BCUT2D eigenvalue weighted by molar-refractivity contribution is 0.0687. The number of phenols is 1. The van der Waals surface area contributed by atoms with E-state index >= 15 is 0 Å². The predicted molar refractivity (Wildman–Crippen MR) is 115 cm³/mol. The van der Waals surface area contributed by atoms with Gasteiger partial charge in [-0.2, -0.15) is 0 Å². The van der Waals surface area contributed by atoms with E-state index in [-0.39, 0.29) is 6.04 Å². The first-order valence-corrected chi connectivity index (χ1v) is 10.3. The van der Waals surface area contributed by atoms with E-state index in [1.807, 2.05) is 30.3 Å². The number of rotatable bonds is 3. The molecule has 6 nitrogen and oxygen atoms in total. The maximum absolute atomic E-state index is 10.5. The van der Waals surface area contributed by atoms with Gasteiger partial charge in [-0.1, -0.05) is 24.3 Å². The number of benzene rings is 2. The molecule has 0 saturated heterocycles. The van der Waals surface area contributed by atoms with Crippen molar-refractivity contribution >= 4 is 11.0 Å². The second-order valence-electron chi connectivity index (χ2n) is 8.42. The number of nitrogens with zero attached hydrogens (tertiary/aromatic N) is 4. The maximum atomic E-state index is 10.5. The first-order chi connectivity index (χ1) is 14.4. The quantitative estimate of drug-likeness (QED) is 0.534. The van der Waals surface area contributed by atoms with Crippen molar-refractivity contribution in [3.05, 3.63) is 72.1 Å². The molecular weight excluding hydrogens is 376 g/mol. The first-order valence-electron chi connectivity index (χ1n) is 10.3. The molecule has 0 amide bonds.